The molecule has 1 heterocycles. The lowest BCUT2D eigenvalue weighted by atomic mass is 10.2. The van der Waals surface area contributed by atoms with Gasteiger partial charge in [-0.2, -0.15) is 5.10 Å². The van der Waals surface area contributed by atoms with Crippen molar-refractivity contribution in [3.05, 3.63) is 23.2 Å². The van der Waals surface area contributed by atoms with E-state index in [4.69, 9.17) is 11.6 Å². The van der Waals surface area contributed by atoms with Gasteiger partial charge in [0.2, 0.25) is 6.08 Å². The van der Waals surface area contributed by atoms with Crippen LogP contribution in [0.4, 0.5) is 5.82 Å². The number of fused-ring (bicyclic) bond motifs is 1. The number of halogens is 1. The second-order valence-electron chi connectivity index (χ2n) is 2.41. The van der Waals surface area contributed by atoms with Gasteiger partial charge in [-0.1, -0.05) is 17.7 Å². The predicted octanol–water partition coefficient (Wildman–Crippen LogP) is 2.18. The molecule has 0 unspecified atom stereocenters. The SMILES string of the molecule is O=C=Nc1[nH]nc2c(Cl)cccc12. The van der Waals surface area contributed by atoms with Crippen LogP contribution in [0.3, 0.4) is 0 Å². The molecule has 0 radical (unpaired) electrons. The van der Waals surface area contributed by atoms with E-state index >= 15 is 0 Å². The second kappa shape index (κ2) is 3.01. The van der Waals surface area contributed by atoms with E-state index in [0.717, 1.165) is 5.39 Å². The molecular formula is C8H4ClN3O. The number of hydrogen-bond acceptors (Lipinski definition) is 3. The molecular weight excluding hydrogens is 190 g/mol. The minimum Gasteiger partial charge on any atom is -0.259 e. The molecule has 64 valence electrons. The number of H-pyrrole nitrogens is 1. The van der Waals surface area contributed by atoms with Crippen LogP contribution in [0.5, 0.6) is 0 Å². The standard InChI is InChI=1S/C8H4ClN3O/c9-6-3-1-2-5-7(6)11-12-8(5)10-4-13/h1-3H,(H,11,12). The van der Waals surface area contributed by atoms with Crippen molar-refractivity contribution in [2.45, 2.75) is 0 Å². The van der Waals surface area contributed by atoms with Crippen LogP contribution in [0.1, 0.15) is 0 Å². The van der Waals surface area contributed by atoms with Crippen molar-refractivity contribution in [1.29, 1.82) is 0 Å². The molecule has 1 aromatic heterocycles. The first kappa shape index (κ1) is 7.98. The minimum absolute atomic E-state index is 0.382. The van der Waals surface area contributed by atoms with Crippen LogP contribution >= 0.6 is 11.6 Å². The molecule has 0 amide bonds. The molecule has 1 N–H and O–H groups in total. The molecule has 0 atom stereocenters. The van der Waals surface area contributed by atoms with E-state index in [1.807, 2.05) is 0 Å². The molecule has 0 aliphatic carbocycles. The van der Waals surface area contributed by atoms with Gasteiger partial charge >= 0.3 is 0 Å². The average molecular weight is 194 g/mol. The van der Waals surface area contributed by atoms with E-state index in [2.05, 4.69) is 15.2 Å². The minimum atomic E-state index is 0.382. The van der Waals surface area contributed by atoms with Crippen LogP contribution in [0.25, 0.3) is 10.9 Å². The Morgan fingerprint density at radius 1 is 1.54 bits per heavy atom. The number of aromatic nitrogens is 2. The molecule has 0 fully saturated rings. The van der Waals surface area contributed by atoms with Crippen molar-refractivity contribution in [2.24, 2.45) is 4.99 Å². The number of aliphatic imine (C=N–C) groups is 1. The highest BCUT2D eigenvalue weighted by Gasteiger charge is 2.05. The van der Waals surface area contributed by atoms with Crippen LogP contribution in [0.2, 0.25) is 5.02 Å². The third-order valence-electron chi connectivity index (χ3n) is 1.67. The lowest BCUT2D eigenvalue weighted by Gasteiger charge is -1.89. The first-order valence-corrected chi connectivity index (χ1v) is 3.91. The van der Waals surface area contributed by atoms with Crippen molar-refractivity contribution in [1.82, 2.24) is 10.2 Å². The summed E-state index contributed by atoms with van der Waals surface area (Å²) < 4.78 is 0. The zero-order valence-corrected chi connectivity index (χ0v) is 7.17. The molecule has 2 rings (SSSR count). The Kier molecular flexibility index (Phi) is 1.85. The molecule has 13 heavy (non-hydrogen) atoms. The molecule has 0 bridgehead atoms. The van der Waals surface area contributed by atoms with Gasteiger partial charge in [0, 0.05) is 5.39 Å². The highest BCUT2D eigenvalue weighted by atomic mass is 35.5. The van der Waals surface area contributed by atoms with Gasteiger partial charge in [-0.25, -0.2) is 4.79 Å². The zero-order chi connectivity index (χ0) is 9.26. The van der Waals surface area contributed by atoms with Gasteiger partial charge in [-0.3, -0.25) is 5.10 Å². The number of nitrogens with zero attached hydrogens (tertiary/aromatic N) is 2. The summed E-state index contributed by atoms with van der Waals surface area (Å²) in [7, 11) is 0. The van der Waals surface area contributed by atoms with E-state index in [1.165, 1.54) is 6.08 Å². The zero-order valence-electron chi connectivity index (χ0n) is 6.41. The van der Waals surface area contributed by atoms with Crippen LogP contribution < -0.4 is 0 Å². The molecule has 4 nitrogen and oxygen atoms in total. The number of nitrogens with one attached hydrogen (secondary N) is 1. The summed E-state index contributed by atoms with van der Waals surface area (Å²) >= 11 is 5.85. The van der Waals surface area contributed by atoms with Gasteiger partial charge in [0.05, 0.1) is 5.02 Å². The number of aromatic amines is 1. The highest BCUT2D eigenvalue weighted by molar-refractivity contribution is 6.35. The normalized spacial score (nSPS) is 9.92. The quantitative estimate of drug-likeness (QED) is 0.558. The fraction of sp³-hybridized carbons (Fsp3) is 0. The number of carbonyl (C=O) groups excluding carboxylic acids is 1. The Bertz CT molecular complexity index is 499. The Morgan fingerprint density at radius 2 is 2.38 bits per heavy atom. The van der Waals surface area contributed by atoms with Crippen molar-refractivity contribution < 1.29 is 4.79 Å². The van der Waals surface area contributed by atoms with E-state index in [9.17, 15) is 4.79 Å². The lowest BCUT2D eigenvalue weighted by molar-refractivity contribution is 0.565. The Balaban J connectivity index is 2.82. The summed E-state index contributed by atoms with van der Waals surface area (Å²) in [5.74, 6) is 0.382. The predicted molar refractivity (Wildman–Crippen MR) is 48.9 cm³/mol. The van der Waals surface area contributed by atoms with Gasteiger partial charge < -0.3 is 0 Å². The molecule has 0 aliphatic rings. The summed E-state index contributed by atoms with van der Waals surface area (Å²) in [5.41, 5.74) is 0.609. The topological polar surface area (TPSA) is 58.1 Å². The third kappa shape index (κ3) is 1.22. The number of benzene rings is 1. The van der Waals surface area contributed by atoms with Crippen LogP contribution in [-0.2, 0) is 4.79 Å². The molecule has 0 saturated carbocycles. The molecule has 0 spiro atoms. The van der Waals surface area contributed by atoms with Gasteiger partial charge in [0.1, 0.15) is 5.52 Å². The number of hydrogen-bond donors (Lipinski definition) is 1. The van der Waals surface area contributed by atoms with Crippen molar-refractivity contribution in [2.75, 3.05) is 0 Å². The maximum Gasteiger partial charge on any atom is 0.242 e. The van der Waals surface area contributed by atoms with Crippen LogP contribution in [0.15, 0.2) is 23.2 Å². The smallest absolute Gasteiger partial charge is 0.242 e. The Hall–Kier alpha value is -1.64. The van der Waals surface area contributed by atoms with E-state index in [1.54, 1.807) is 18.2 Å². The number of rotatable bonds is 1. The summed E-state index contributed by atoms with van der Waals surface area (Å²) in [5, 5.41) is 7.75. The molecule has 0 aliphatic heterocycles. The van der Waals surface area contributed by atoms with Crippen LogP contribution in [-0.4, -0.2) is 16.3 Å². The summed E-state index contributed by atoms with van der Waals surface area (Å²) in [6.07, 6.45) is 1.44. The third-order valence-corrected chi connectivity index (χ3v) is 1.98. The Morgan fingerprint density at radius 3 is 3.15 bits per heavy atom. The van der Waals surface area contributed by atoms with Gasteiger partial charge in [-0.05, 0) is 12.1 Å². The Labute approximate surface area is 78.2 Å². The molecule has 0 saturated heterocycles. The number of para-hydroxylation sites is 1. The average Bonchev–Trinajstić information content (AvgIpc) is 2.51. The monoisotopic (exact) mass is 193 g/mol. The summed E-state index contributed by atoms with van der Waals surface area (Å²) in [4.78, 5) is 13.5. The van der Waals surface area contributed by atoms with E-state index in [-0.39, 0.29) is 0 Å². The fourth-order valence-corrected chi connectivity index (χ4v) is 1.34. The largest absolute Gasteiger partial charge is 0.259 e. The maximum atomic E-state index is 10.0. The molecule has 2 aromatic rings. The summed E-state index contributed by atoms with van der Waals surface area (Å²) in [6, 6.07) is 5.27. The first-order chi connectivity index (χ1) is 6.33. The fourth-order valence-electron chi connectivity index (χ4n) is 1.12. The van der Waals surface area contributed by atoms with E-state index in [0.29, 0.717) is 16.4 Å². The van der Waals surface area contributed by atoms with Gasteiger partial charge in [-0.15, -0.1) is 4.99 Å². The maximum absolute atomic E-state index is 10.0. The van der Waals surface area contributed by atoms with Gasteiger partial charge in [0.15, 0.2) is 5.82 Å². The van der Waals surface area contributed by atoms with Crippen molar-refractivity contribution >= 4 is 34.4 Å². The molecule has 1 aromatic carbocycles. The first-order valence-electron chi connectivity index (χ1n) is 3.53. The lowest BCUT2D eigenvalue weighted by Crippen LogP contribution is -1.68. The second-order valence-corrected chi connectivity index (χ2v) is 2.82. The van der Waals surface area contributed by atoms with Gasteiger partial charge in [0.25, 0.3) is 0 Å². The van der Waals surface area contributed by atoms with E-state index < -0.39 is 0 Å². The molecule has 5 heteroatoms. The highest BCUT2D eigenvalue weighted by Crippen LogP contribution is 2.27. The summed E-state index contributed by atoms with van der Waals surface area (Å²) in [6.45, 7) is 0. The van der Waals surface area contributed by atoms with Crippen molar-refractivity contribution in [3.8, 4) is 0 Å². The van der Waals surface area contributed by atoms with Crippen LogP contribution in [0, 0.1) is 0 Å². The van der Waals surface area contributed by atoms with Crippen molar-refractivity contribution in [3.63, 3.8) is 0 Å². The number of isocyanates is 1.